The SMILES string of the molecule is CN1C=C[C@H](C(O)(c2ccccc2)c2ccccc2)CC1. The minimum absolute atomic E-state index is 0.0819. The van der Waals surface area contributed by atoms with Crippen molar-refractivity contribution in [1.82, 2.24) is 4.90 Å². The predicted octanol–water partition coefficient (Wildman–Crippen LogP) is 3.39. The summed E-state index contributed by atoms with van der Waals surface area (Å²) in [4.78, 5) is 2.16. The predicted molar refractivity (Wildman–Crippen MR) is 85.8 cm³/mol. The van der Waals surface area contributed by atoms with Gasteiger partial charge in [0.1, 0.15) is 5.60 Å². The highest BCUT2D eigenvalue weighted by molar-refractivity contribution is 5.38. The molecule has 3 rings (SSSR count). The summed E-state index contributed by atoms with van der Waals surface area (Å²) in [5, 5.41) is 11.6. The Kier molecular flexibility index (Phi) is 3.80. The van der Waals surface area contributed by atoms with Gasteiger partial charge in [0.15, 0.2) is 0 Å². The average molecular weight is 279 g/mol. The Morgan fingerprint density at radius 2 is 1.48 bits per heavy atom. The maximum absolute atomic E-state index is 11.6. The quantitative estimate of drug-likeness (QED) is 0.931. The van der Waals surface area contributed by atoms with Crippen molar-refractivity contribution in [2.45, 2.75) is 12.0 Å². The first kappa shape index (κ1) is 13.9. The Balaban J connectivity index is 2.10. The molecule has 1 heterocycles. The molecular weight excluding hydrogens is 258 g/mol. The zero-order chi connectivity index (χ0) is 14.7. The molecule has 0 saturated carbocycles. The zero-order valence-corrected chi connectivity index (χ0v) is 12.3. The Bertz CT molecular complexity index is 566. The molecule has 1 N–H and O–H groups in total. The molecule has 0 aliphatic carbocycles. The molecule has 1 atom stereocenters. The van der Waals surface area contributed by atoms with E-state index in [1.165, 1.54) is 0 Å². The summed E-state index contributed by atoms with van der Waals surface area (Å²) in [6, 6.07) is 20.0. The third-order valence-corrected chi connectivity index (χ3v) is 4.33. The second-order valence-corrected chi connectivity index (χ2v) is 5.72. The van der Waals surface area contributed by atoms with E-state index in [4.69, 9.17) is 0 Å². The van der Waals surface area contributed by atoms with E-state index in [1.54, 1.807) is 0 Å². The van der Waals surface area contributed by atoms with Crippen molar-refractivity contribution in [1.29, 1.82) is 0 Å². The van der Waals surface area contributed by atoms with Crippen molar-refractivity contribution in [3.05, 3.63) is 84.1 Å². The lowest BCUT2D eigenvalue weighted by Crippen LogP contribution is -2.39. The van der Waals surface area contributed by atoms with Crippen molar-refractivity contribution < 1.29 is 5.11 Å². The van der Waals surface area contributed by atoms with E-state index in [-0.39, 0.29) is 5.92 Å². The van der Waals surface area contributed by atoms with Crippen LogP contribution in [0.4, 0.5) is 0 Å². The maximum Gasteiger partial charge on any atom is 0.121 e. The molecule has 0 bridgehead atoms. The number of hydrogen-bond donors (Lipinski definition) is 1. The van der Waals surface area contributed by atoms with E-state index in [9.17, 15) is 5.11 Å². The Hall–Kier alpha value is -2.06. The van der Waals surface area contributed by atoms with Gasteiger partial charge in [0.2, 0.25) is 0 Å². The first-order valence-electron chi connectivity index (χ1n) is 7.43. The van der Waals surface area contributed by atoms with E-state index in [0.717, 1.165) is 24.1 Å². The normalized spacial score (nSPS) is 18.8. The molecule has 0 fully saturated rings. The van der Waals surface area contributed by atoms with Gasteiger partial charge < -0.3 is 10.0 Å². The van der Waals surface area contributed by atoms with Crippen LogP contribution in [0.5, 0.6) is 0 Å². The number of nitrogens with zero attached hydrogens (tertiary/aromatic N) is 1. The number of hydrogen-bond acceptors (Lipinski definition) is 2. The van der Waals surface area contributed by atoms with Crippen LogP contribution in [0.1, 0.15) is 17.5 Å². The molecule has 0 radical (unpaired) electrons. The van der Waals surface area contributed by atoms with E-state index in [1.807, 2.05) is 60.7 Å². The lowest BCUT2D eigenvalue weighted by Gasteiger charge is -2.38. The first-order chi connectivity index (χ1) is 10.2. The van der Waals surface area contributed by atoms with Crippen LogP contribution >= 0.6 is 0 Å². The van der Waals surface area contributed by atoms with Crippen LogP contribution in [-0.4, -0.2) is 23.6 Å². The van der Waals surface area contributed by atoms with Crippen molar-refractivity contribution in [2.75, 3.05) is 13.6 Å². The second kappa shape index (κ2) is 5.74. The maximum atomic E-state index is 11.6. The Morgan fingerprint density at radius 3 is 1.90 bits per heavy atom. The van der Waals surface area contributed by atoms with Gasteiger partial charge in [-0.3, -0.25) is 0 Å². The van der Waals surface area contributed by atoms with Crippen LogP contribution in [0.2, 0.25) is 0 Å². The van der Waals surface area contributed by atoms with Gasteiger partial charge in [0, 0.05) is 19.5 Å². The second-order valence-electron chi connectivity index (χ2n) is 5.72. The molecule has 108 valence electrons. The highest BCUT2D eigenvalue weighted by Crippen LogP contribution is 2.40. The molecule has 2 nitrogen and oxygen atoms in total. The lowest BCUT2D eigenvalue weighted by atomic mass is 9.74. The summed E-state index contributed by atoms with van der Waals surface area (Å²) < 4.78 is 0. The van der Waals surface area contributed by atoms with E-state index in [0.29, 0.717) is 0 Å². The van der Waals surface area contributed by atoms with Gasteiger partial charge in [-0.15, -0.1) is 0 Å². The van der Waals surface area contributed by atoms with Crippen molar-refractivity contribution in [3.8, 4) is 0 Å². The molecule has 2 aromatic rings. The molecule has 21 heavy (non-hydrogen) atoms. The third-order valence-electron chi connectivity index (χ3n) is 4.33. The lowest BCUT2D eigenvalue weighted by molar-refractivity contribution is 0.0268. The number of benzene rings is 2. The van der Waals surface area contributed by atoms with Gasteiger partial charge in [0.05, 0.1) is 0 Å². The number of rotatable bonds is 3. The van der Waals surface area contributed by atoms with Gasteiger partial charge >= 0.3 is 0 Å². The third kappa shape index (κ3) is 2.59. The minimum Gasteiger partial charge on any atom is -0.381 e. The van der Waals surface area contributed by atoms with Crippen LogP contribution in [0, 0.1) is 5.92 Å². The van der Waals surface area contributed by atoms with Crippen LogP contribution in [-0.2, 0) is 5.60 Å². The summed E-state index contributed by atoms with van der Waals surface area (Å²) in [5.41, 5.74) is 0.936. The fraction of sp³-hybridized carbons (Fsp3) is 0.263. The highest BCUT2D eigenvalue weighted by Gasteiger charge is 2.39. The topological polar surface area (TPSA) is 23.5 Å². The van der Waals surface area contributed by atoms with Gasteiger partial charge in [-0.25, -0.2) is 0 Å². The first-order valence-corrected chi connectivity index (χ1v) is 7.43. The minimum atomic E-state index is -0.972. The molecule has 1 aliphatic rings. The summed E-state index contributed by atoms with van der Waals surface area (Å²) in [7, 11) is 2.07. The molecule has 0 aromatic heterocycles. The molecule has 0 saturated heterocycles. The summed E-state index contributed by atoms with van der Waals surface area (Å²) in [6.45, 7) is 0.961. The van der Waals surface area contributed by atoms with Crippen LogP contribution in [0.25, 0.3) is 0 Å². The van der Waals surface area contributed by atoms with Crippen LogP contribution in [0.15, 0.2) is 72.9 Å². The Morgan fingerprint density at radius 1 is 0.952 bits per heavy atom. The summed E-state index contributed by atoms with van der Waals surface area (Å²) >= 11 is 0. The fourth-order valence-corrected chi connectivity index (χ4v) is 3.09. The molecule has 0 spiro atoms. The Labute approximate surface area is 126 Å². The highest BCUT2D eigenvalue weighted by atomic mass is 16.3. The van der Waals surface area contributed by atoms with Gasteiger partial charge in [-0.1, -0.05) is 66.7 Å². The summed E-state index contributed by atoms with van der Waals surface area (Å²) in [5.74, 6) is 0.0819. The average Bonchev–Trinajstić information content (AvgIpc) is 2.56. The van der Waals surface area contributed by atoms with E-state index >= 15 is 0 Å². The largest absolute Gasteiger partial charge is 0.381 e. The fourth-order valence-electron chi connectivity index (χ4n) is 3.09. The molecule has 1 aliphatic heterocycles. The smallest absolute Gasteiger partial charge is 0.121 e. The standard InChI is InChI=1S/C19H21NO/c1-20-14-12-18(13-15-20)19(21,16-8-4-2-5-9-16)17-10-6-3-7-11-17/h2-12,14,18,21H,13,15H2,1H3/t18-/m0/s1. The molecule has 2 heteroatoms. The molecule has 2 aromatic carbocycles. The van der Waals surface area contributed by atoms with Crippen molar-refractivity contribution in [3.63, 3.8) is 0 Å². The molecule has 0 unspecified atom stereocenters. The van der Waals surface area contributed by atoms with Gasteiger partial charge in [-0.2, -0.15) is 0 Å². The van der Waals surface area contributed by atoms with E-state index in [2.05, 4.69) is 24.2 Å². The number of aliphatic hydroxyl groups is 1. The molecule has 0 amide bonds. The summed E-state index contributed by atoms with van der Waals surface area (Å²) in [6.07, 6.45) is 5.14. The molecular formula is C19H21NO. The van der Waals surface area contributed by atoms with Crippen molar-refractivity contribution in [2.24, 2.45) is 5.92 Å². The van der Waals surface area contributed by atoms with Crippen LogP contribution in [0.3, 0.4) is 0 Å². The monoisotopic (exact) mass is 279 g/mol. The van der Waals surface area contributed by atoms with Crippen molar-refractivity contribution >= 4 is 0 Å². The zero-order valence-electron chi connectivity index (χ0n) is 12.3. The van der Waals surface area contributed by atoms with Gasteiger partial charge in [-0.05, 0) is 23.7 Å². The van der Waals surface area contributed by atoms with Crippen LogP contribution < -0.4 is 0 Å². The van der Waals surface area contributed by atoms with E-state index < -0.39 is 5.60 Å². The van der Waals surface area contributed by atoms with Gasteiger partial charge in [0.25, 0.3) is 0 Å².